The Balaban J connectivity index is 1.63. The van der Waals surface area contributed by atoms with Gasteiger partial charge < -0.3 is 25.2 Å². The Morgan fingerprint density at radius 1 is 0.952 bits per heavy atom. The van der Waals surface area contributed by atoms with Crippen LogP contribution in [0.4, 0.5) is 0 Å². The SMILES string of the molecule is CC(C)C1CC(CCC(O)OCC(C)(C)C)C(C)C2C(O)C3C(C)C4(C)C(O)C(C(C)O)C(C)CC4(C)CC3(C)CC12. The number of rotatable bonds is 7. The molecule has 42 heavy (non-hydrogen) atoms. The van der Waals surface area contributed by atoms with E-state index in [2.05, 4.69) is 76.2 Å². The fourth-order valence-electron chi connectivity index (χ4n) is 12.1. The van der Waals surface area contributed by atoms with Gasteiger partial charge in [-0.3, -0.25) is 0 Å². The van der Waals surface area contributed by atoms with E-state index in [-0.39, 0.29) is 51.2 Å². The molecule has 4 N–H and O–H groups in total. The highest BCUT2D eigenvalue weighted by molar-refractivity contribution is 5.19. The van der Waals surface area contributed by atoms with Gasteiger partial charge in [-0.2, -0.15) is 0 Å². The summed E-state index contributed by atoms with van der Waals surface area (Å²) in [6.07, 6.45) is 3.62. The second kappa shape index (κ2) is 11.9. The summed E-state index contributed by atoms with van der Waals surface area (Å²) in [5, 5.41) is 46.0. The summed E-state index contributed by atoms with van der Waals surface area (Å²) >= 11 is 0. The van der Waals surface area contributed by atoms with E-state index in [9.17, 15) is 20.4 Å². The molecule has 0 heterocycles. The average Bonchev–Trinajstić information content (AvgIpc) is 2.83. The molecular weight excluding hydrogens is 524 g/mol. The van der Waals surface area contributed by atoms with Crippen molar-refractivity contribution in [1.29, 1.82) is 0 Å². The highest BCUT2D eigenvalue weighted by Crippen LogP contribution is 2.73. The van der Waals surface area contributed by atoms with Crippen LogP contribution in [0.1, 0.15) is 122 Å². The van der Waals surface area contributed by atoms with E-state index in [1.54, 1.807) is 0 Å². The van der Waals surface area contributed by atoms with Crippen molar-refractivity contribution in [3.8, 4) is 0 Å². The van der Waals surface area contributed by atoms with Crippen molar-refractivity contribution < 1.29 is 25.2 Å². The van der Waals surface area contributed by atoms with Crippen molar-refractivity contribution in [3.63, 3.8) is 0 Å². The molecule has 4 fully saturated rings. The normalized spacial score (nSPS) is 50.9. The van der Waals surface area contributed by atoms with E-state index >= 15 is 0 Å². The van der Waals surface area contributed by atoms with E-state index in [1.165, 1.54) is 0 Å². The standard InChI is InChI=1S/C37H68O5/c1-20(2)26-15-25(13-14-28(39)42-19-34(7,8)9)22(4)30-27(26)17-35(10)18-36(11)16-21(3)29(24(6)38)33(41)37(36,12)23(5)31(35)32(30)40/h20-33,38-41H,13-19H2,1-12H3. The first-order chi connectivity index (χ1) is 19.2. The Morgan fingerprint density at radius 2 is 1.57 bits per heavy atom. The Hall–Kier alpha value is -0.200. The largest absolute Gasteiger partial charge is 0.393 e. The molecule has 0 spiro atoms. The number of aliphatic hydroxyl groups excluding tert-OH is 4. The molecule has 246 valence electrons. The van der Waals surface area contributed by atoms with Crippen LogP contribution in [0, 0.1) is 80.8 Å². The molecule has 4 rings (SSSR count). The molecule has 0 amide bonds. The fourth-order valence-corrected chi connectivity index (χ4v) is 12.1. The number of ether oxygens (including phenoxy) is 1. The van der Waals surface area contributed by atoms with Crippen LogP contribution in [-0.4, -0.2) is 51.6 Å². The Labute approximate surface area is 258 Å². The minimum atomic E-state index is -0.737. The van der Waals surface area contributed by atoms with Crippen LogP contribution in [0.25, 0.3) is 0 Å². The van der Waals surface area contributed by atoms with Gasteiger partial charge in [-0.15, -0.1) is 0 Å². The van der Waals surface area contributed by atoms with Crippen LogP contribution in [0.3, 0.4) is 0 Å². The van der Waals surface area contributed by atoms with Gasteiger partial charge in [0.05, 0.1) is 24.9 Å². The van der Waals surface area contributed by atoms with Gasteiger partial charge in [0, 0.05) is 11.3 Å². The molecule has 5 heteroatoms. The lowest BCUT2D eigenvalue weighted by Crippen LogP contribution is -2.70. The molecule has 16 atom stereocenters. The summed E-state index contributed by atoms with van der Waals surface area (Å²) in [6.45, 7) is 27.6. The number of fused-ring (bicyclic) bond motifs is 3. The molecule has 5 nitrogen and oxygen atoms in total. The summed E-state index contributed by atoms with van der Waals surface area (Å²) in [6, 6.07) is 0. The van der Waals surface area contributed by atoms with Crippen molar-refractivity contribution in [3.05, 3.63) is 0 Å². The number of aliphatic hydroxyl groups is 4. The number of hydrogen-bond donors (Lipinski definition) is 4. The summed E-state index contributed by atoms with van der Waals surface area (Å²) in [7, 11) is 0. The molecule has 0 aliphatic heterocycles. The average molecular weight is 593 g/mol. The second-order valence-electron chi connectivity index (χ2n) is 18.5. The molecule has 0 aromatic rings. The minimum Gasteiger partial charge on any atom is -0.393 e. The predicted octanol–water partition coefficient (Wildman–Crippen LogP) is 7.15. The van der Waals surface area contributed by atoms with Crippen molar-refractivity contribution in [2.45, 2.75) is 146 Å². The number of hydrogen-bond acceptors (Lipinski definition) is 5. The first-order valence-electron chi connectivity index (χ1n) is 17.5. The van der Waals surface area contributed by atoms with Crippen molar-refractivity contribution in [2.75, 3.05) is 6.61 Å². The smallest absolute Gasteiger partial charge is 0.154 e. The minimum absolute atomic E-state index is 0.0159. The molecule has 0 aromatic carbocycles. The summed E-state index contributed by atoms with van der Waals surface area (Å²) in [4.78, 5) is 0. The maximum atomic E-state index is 12.6. The molecule has 0 bridgehead atoms. The predicted molar refractivity (Wildman–Crippen MR) is 170 cm³/mol. The van der Waals surface area contributed by atoms with Crippen molar-refractivity contribution in [2.24, 2.45) is 80.8 Å². The molecular formula is C37H68O5. The molecule has 0 aromatic heterocycles. The van der Waals surface area contributed by atoms with Crippen molar-refractivity contribution >= 4 is 0 Å². The Kier molecular flexibility index (Phi) is 9.80. The third-order valence-corrected chi connectivity index (χ3v) is 14.1. The van der Waals surface area contributed by atoms with Gasteiger partial charge in [0.1, 0.15) is 0 Å². The Bertz CT molecular complexity index is 928. The molecule has 4 saturated carbocycles. The maximum Gasteiger partial charge on any atom is 0.154 e. The topological polar surface area (TPSA) is 90.2 Å². The van der Waals surface area contributed by atoms with Crippen LogP contribution in [0.15, 0.2) is 0 Å². The lowest BCUT2D eigenvalue weighted by Gasteiger charge is -2.72. The second-order valence-corrected chi connectivity index (χ2v) is 18.5. The van der Waals surface area contributed by atoms with Gasteiger partial charge in [-0.25, -0.2) is 0 Å². The zero-order chi connectivity index (χ0) is 31.7. The quantitative estimate of drug-likeness (QED) is 0.236. The molecule has 0 radical (unpaired) electrons. The van der Waals surface area contributed by atoms with Crippen LogP contribution in [0.2, 0.25) is 0 Å². The monoisotopic (exact) mass is 593 g/mol. The van der Waals surface area contributed by atoms with Crippen molar-refractivity contribution in [1.82, 2.24) is 0 Å². The highest BCUT2D eigenvalue weighted by atomic mass is 16.6. The highest BCUT2D eigenvalue weighted by Gasteiger charge is 2.70. The maximum absolute atomic E-state index is 12.6. The molecule has 16 unspecified atom stereocenters. The van der Waals surface area contributed by atoms with Gasteiger partial charge in [0.2, 0.25) is 0 Å². The van der Waals surface area contributed by atoms with Gasteiger partial charge in [0.25, 0.3) is 0 Å². The van der Waals surface area contributed by atoms with E-state index in [0.29, 0.717) is 42.6 Å². The lowest BCUT2D eigenvalue weighted by atomic mass is 9.33. The zero-order valence-corrected chi connectivity index (χ0v) is 29.2. The van der Waals surface area contributed by atoms with Gasteiger partial charge in [-0.1, -0.05) is 76.2 Å². The molecule has 4 aliphatic carbocycles. The fraction of sp³-hybridized carbons (Fsp3) is 1.00. The van der Waals surface area contributed by atoms with Gasteiger partial charge in [0.15, 0.2) is 6.29 Å². The van der Waals surface area contributed by atoms with Gasteiger partial charge >= 0.3 is 0 Å². The van der Waals surface area contributed by atoms with E-state index in [1.807, 2.05) is 6.92 Å². The van der Waals surface area contributed by atoms with Crippen LogP contribution >= 0.6 is 0 Å². The Morgan fingerprint density at radius 3 is 2.12 bits per heavy atom. The summed E-state index contributed by atoms with van der Waals surface area (Å²) < 4.78 is 5.81. The van der Waals surface area contributed by atoms with Crippen LogP contribution in [-0.2, 0) is 4.74 Å². The van der Waals surface area contributed by atoms with Crippen LogP contribution in [0.5, 0.6) is 0 Å². The molecule has 0 saturated heterocycles. The van der Waals surface area contributed by atoms with Crippen LogP contribution < -0.4 is 0 Å². The molecule has 4 aliphatic rings. The zero-order valence-electron chi connectivity index (χ0n) is 29.2. The van der Waals surface area contributed by atoms with E-state index < -0.39 is 24.6 Å². The van der Waals surface area contributed by atoms with E-state index in [0.717, 1.165) is 32.1 Å². The summed E-state index contributed by atoms with van der Waals surface area (Å²) in [5.74, 6) is 3.01. The third kappa shape index (κ3) is 5.78. The third-order valence-electron chi connectivity index (χ3n) is 14.1. The van der Waals surface area contributed by atoms with E-state index in [4.69, 9.17) is 4.74 Å². The lowest BCUT2D eigenvalue weighted by molar-refractivity contribution is -0.281. The summed E-state index contributed by atoms with van der Waals surface area (Å²) in [5.41, 5.74) is -0.380. The first-order valence-corrected chi connectivity index (χ1v) is 17.5. The van der Waals surface area contributed by atoms with Gasteiger partial charge in [-0.05, 0) is 115 Å². The first kappa shape index (κ1) is 34.7.